The van der Waals surface area contributed by atoms with Crippen molar-refractivity contribution in [1.29, 1.82) is 0 Å². The first kappa shape index (κ1) is 14.3. The Balaban J connectivity index is 2.09. The van der Waals surface area contributed by atoms with E-state index in [2.05, 4.69) is 71.6 Å². The predicted molar refractivity (Wildman–Crippen MR) is 94.5 cm³/mol. The van der Waals surface area contributed by atoms with Crippen LogP contribution in [-0.4, -0.2) is 4.98 Å². The maximum atomic E-state index is 11.2. The number of alkyl halides is 1. The molecule has 3 aromatic rings. The maximum Gasteiger partial charge on any atom is 0.417 e. The molecule has 0 amide bonds. The van der Waals surface area contributed by atoms with Crippen molar-refractivity contribution in [2.75, 3.05) is 0 Å². The third-order valence-electron chi connectivity index (χ3n) is 2.97. The fourth-order valence-corrected chi connectivity index (χ4v) is 4.13. The summed E-state index contributed by atoms with van der Waals surface area (Å²) in [6.07, 6.45) is 0. The lowest BCUT2D eigenvalue weighted by Crippen LogP contribution is -1.95. The Labute approximate surface area is 145 Å². The molecular weight excluding hydrogens is 501 g/mol. The first-order valence-electron chi connectivity index (χ1n) is 5.76. The molecule has 0 aliphatic carbocycles. The van der Waals surface area contributed by atoms with Crippen LogP contribution >= 0.6 is 54.5 Å². The molecule has 20 heavy (non-hydrogen) atoms. The van der Waals surface area contributed by atoms with Crippen LogP contribution in [0.1, 0.15) is 16.0 Å². The molecule has 1 atom stereocenters. The molecule has 0 fully saturated rings. The van der Waals surface area contributed by atoms with E-state index in [-0.39, 0.29) is 4.83 Å². The molecule has 1 unspecified atom stereocenters. The molecule has 3 nitrogen and oxygen atoms in total. The van der Waals surface area contributed by atoms with Crippen LogP contribution in [0.3, 0.4) is 0 Å². The van der Waals surface area contributed by atoms with Crippen molar-refractivity contribution < 1.29 is 4.42 Å². The van der Waals surface area contributed by atoms with Gasteiger partial charge in [-0.05, 0) is 64.0 Å². The van der Waals surface area contributed by atoms with Gasteiger partial charge in [-0.1, -0.05) is 37.9 Å². The molecule has 0 radical (unpaired) electrons. The summed E-state index contributed by atoms with van der Waals surface area (Å²) in [7, 11) is 0. The second kappa shape index (κ2) is 5.65. The lowest BCUT2D eigenvalue weighted by atomic mass is 10.0. The molecular formula is C14H8Br2INO2. The van der Waals surface area contributed by atoms with Crippen LogP contribution in [0.25, 0.3) is 11.1 Å². The van der Waals surface area contributed by atoms with Crippen LogP contribution in [0.2, 0.25) is 0 Å². The zero-order valence-electron chi connectivity index (χ0n) is 9.99. The molecule has 0 spiro atoms. The third-order valence-corrected chi connectivity index (χ3v) is 5.47. The van der Waals surface area contributed by atoms with Gasteiger partial charge < -0.3 is 4.42 Å². The SMILES string of the molecule is O=c1[nH]c2ccc(C(Br)c3cc(Br)ccc3I)cc2o1. The van der Waals surface area contributed by atoms with Gasteiger partial charge in [-0.3, -0.25) is 4.98 Å². The van der Waals surface area contributed by atoms with Gasteiger partial charge in [0, 0.05) is 8.04 Å². The van der Waals surface area contributed by atoms with Gasteiger partial charge >= 0.3 is 5.76 Å². The number of hydrogen-bond donors (Lipinski definition) is 1. The molecule has 0 saturated heterocycles. The first-order valence-corrected chi connectivity index (χ1v) is 8.55. The second-order valence-electron chi connectivity index (χ2n) is 4.30. The van der Waals surface area contributed by atoms with Gasteiger partial charge in [0.15, 0.2) is 5.58 Å². The summed E-state index contributed by atoms with van der Waals surface area (Å²) in [4.78, 5) is 13.9. The van der Waals surface area contributed by atoms with Crippen LogP contribution in [0.15, 0.2) is 50.1 Å². The van der Waals surface area contributed by atoms with E-state index in [9.17, 15) is 4.79 Å². The summed E-state index contributed by atoms with van der Waals surface area (Å²) in [5.41, 5.74) is 3.48. The lowest BCUT2D eigenvalue weighted by Gasteiger charge is -2.13. The summed E-state index contributed by atoms with van der Waals surface area (Å²) in [6.45, 7) is 0. The minimum atomic E-state index is -0.430. The van der Waals surface area contributed by atoms with Crippen molar-refractivity contribution in [1.82, 2.24) is 4.98 Å². The zero-order valence-corrected chi connectivity index (χ0v) is 15.3. The summed E-state index contributed by atoms with van der Waals surface area (Å²) >= 11 is 9.52. The zero-order chi connectivity index (χ0) is 14.3. The van der Waals surface area contributed by atoms with E-state index in [0.29, 0.717) is 11.1 Å². The lowest BCUT2D eigenvalue weighted by molar-refractivity contribution is 0.555. The van der Waals surface area contributed by atoms with Crippen molar-refractivity contribution in [2.24, 2.45) is 0 Å². The van der Waals surface area contributed by atoms with E-state index in [1.807, 2.05) is 24.3 Å². The molecule has 102 valence electrons. The van der Waals surface area contributed by atoms with E-state index >= 15 is 0 Å². The van der Waals surface area contributed by atoms with Gasteiger partial charge in [-0.2, -0.15) is 0 Å². The Morgan fingerprint density at radius 2 is 2.00 bits per heavy atom. The summed E-state index contributed by atoms with van der Waals surface area (Å²) in [5.74, 6) is -0.430. The molecule has 3 rings (SSSR count). The largest absolute Gasteiger partial charge is 0.417 e. The smallest absolute Gasteiger partial charge is 0.408 e. The van der Waals surface area contributed by atoms with Gasteiger partial charge in [0.1, 0.15) is 0 Å². The Hall–Kier alpha value is -0.600. The standard InChI is InChI=1S/C14H8Br2INO2/c15-8-2-3-10(17)9(6-8)13(16)7-1-4-11-12(5-7)20-14(19)18-11/h1-6,13H,(H,18,19). The van der Waals surface area contributed by atoms with E-state index in [0.717, 1.165) is 15.6 Å². The van der Waals surface area contributed by atoms with E-state index in [4.69, 9.17) is 4.42 Å². The van der Waals surface area contributed by atoms with E-state index < -0.39 is 5.76 Å². The Morgan fingerprint density at radius 1 is 1.20 bits per heavy atom. The highest BCUT2D eigenvalue weighted by Gasteiger charge is 2.15. The molecule has 0 aliphatic heterocycles. The number of aromatic amines is 1. The quantitative estimate of drug-likeness (QED) is 0.392. The van der Waals surface area contributed by atoms with Gasteiger partial charge in [-0.15, -0.1) is 0 Å². The first-order chi connectivity index (χ1) is 9.54. The minimum Gasteiger partial charge on any atom is -0.408 e. The van der Waals surface area contributed by atoms with Crippen LogP contribution in [0, 0.1) is 3.57 Å². The Bertz CT molecular complexity index is 841. The normalized spacial score (nSPS) is 12.8. The van der Waals surface area contributed by atoms with Gasteiger partial charge in [0.25, 0.3) is 0 Å². The Morgan fingerprint density at radius 3 is 2.80 bits per heavy atom. The molecule has 0 saturated carbocycles. The molecule has 0 aliphatic rings. The van der Waals surface area contributed by atoms with Crippen molar-refractivity contribution in [3.8, 4) is 0 Å². The Kier molecular flexibility index (Phi) is 4.05. The number of benzene rings is 2. The average Bonchev–Trinajstić information content (AvgIpc) is 2.79. The molecule has 6 heteroatoms. The molecule has 1 aromatic heterocycles. The fraction of sp³-hybridized carbons (Fsp3) is 0.0714. The van der Waals surface area contributed by atoms with Gasteiger partial charge in [0.05, 0.1) is 10.3 Å². The predicted octanol–water partition coefficient (Wildman–Crippen LogP) is 4.97. The maximum absolute atomic E-state index is 11.2. The monoisotopic (exact) mass is 507 g/mol. The number of rotatable bonds is 2. The fourth-order valence-electron chi connectivity index (χ4n) is 2.01. The van der Waals surface area contributed by atoms with Crippen molar-refractivity contribution >= 4 is 65.6 Å². The minimum absolute atomic E-state index is 0.0384. The van der Waals surface area contributed by atoms with Crippen molar-refractivity contribution in [3.63, 3.8) is 0 Å². The average molecular weight is 509 g/mol. The molecule has 1 N–H and O–H groups in total. The number of nitrogens with one attached hydrogen (secondary N) is 1. The van der Waals surface area contributed by atoms with E-state index in [1.165, 1.54) is 3.57 Å². The van der Waals surface area contributed by atoms with Crippen LogP contribution in [0.4, 0.5) is 0 Å². The van der Waals surface area contributed by atoms with Crippen LogP contribution < -0.4 is 5.76 Å². The number of halogens is 3. The summed E-state index contributed by atoms with van der Waals surface area (Å²) in [6, 6.07) is 11.9. The highest BCUT2D eigenvalue weighted by molar-refractivity contribution is 14.1. The number of fused-ring (bicyclic) bond motifs is 1. The van der Waals surface area contributed by atoms with Crippen molar-refractivity contribution in [2.45, 2.75) is 4.83 Å². The second-order valence-corrected chi connectivity index (χ2v) is 7.29. The highest BCUT2D eigenvalue weighted by atomic mass is 127. The molecule has 2 aromatic carbocycles. The van der Waals surface area contributed by atoms with Crippen molar-refractivity contribution in [3.05, 3.63) is 66.1 Å². The third kappa shape index (κ3) is 2.73. The highest BCUT2D eigenvalue weighted by Crippen LogP contribution is 2.36. The number of H-pyrrole nitrogens is 1. The number of hydrogen-bond acceptors (Lipinski definition) is 2. The summed E-state index contributed by atoms with van der Waals surface area (Å²) < 4.78 is 7.31. The van der Waals surface area contributed by atoms with Gasteiger partial charge in [-0.25, -0.2) is 4.79 Å². The topological polar surface area (TPSA) is 46.0 Å². The molecule has 0 bridgehead atoms. The number of oxazole rings is 1. The summed E-state index contributed by atoms with van der Waals surface area (Å²) in [5, 5.41) is 0. The molecule has 1 heterocycles. The van der Waals surface area contributed by atoms with Crippen LogP contribution in [0.5, 0.6) is 0 Å². The van der Waals surface area contributed by atoms with E-state index in [1.54, 1.807) is 0 Å². The van der Waals surface area contributed by atoms with Gasteiger partial charge in [0.2, 0.25) is 0 Å². The van der Waals surface area contributed by atoms with Crippen LogP contribution in [-0.2, 0) is 0 Å². The number of aromatic nitrogens is 1.